The standard InChI is InChI=1S/C10H21N3O4.C8H17N3O3.C5H11NO2/c1-6(8(13)9(14)15)17-10(16)7(12)4-2-3-5-11;9-4-2-1-3-6(11)8(13)14-7(12)5-10;1-3(2)4(6)5(7)8/h6-8H,2-5,11-13H2,1H3,(H,14,15);6H,1-5,9-11H2;3-4H,6H2,1-2H3,(H,7,8)/t6-,7+,8+;6-;4-/m100/s1. The van der Waals surface area contributed by atoms with Crippen LogP contribution in [0.4, 0.5) is 0 Å². The Morgan fingerprint density at radius 1 is 0.667 bits per heavy atom. The van der Waals surface area contributed by atoms with Crippen LogP contribution < -0.4 is 40.1 Å². The first-order valence-electron chi connectivity index (χ1n) is 12.6. The van der Waals surface area contributed by atoms with Gasteiger partial charge in [0.2, 0.25) is 0 Å². The molecule has 16 heteroatoms. The normalized spacial score (nSPS) is 14.2. The minimum Gasteiger partial charge on any atom is -0.480 e. The highest BCUT2D eigenvalue weighted by Gasteiger charge is 2.25. The van der Waals surface area contributed by atoms with E-state index in [1.807, 2.05) is 0 Å². The van der Waals surface area contributed by atoms with E-state index in [0.29, 0.717) is 25.9 Å². The molecule has 0 radical (unpaired) electrons. The Morgan fingerprint density at radius 3 is 1.38 bits per heavy atom. The Hall–Kier alpha value is -2.73. The third kappa shape index (κ3) is 22.9. The number of unbranched alkanes of at least 4 members (excludes halogenated alkanes) is 2. The zero-order valence-corrected chi connectivity index (χ0v) is 23.1. The molecule has 0 saturated heterocycles. The zero-order valence-electron chi connectivity index (χ0n) is 23.1. The second-order valence-corrected chi connectivity index (χ2v) is 8.89. The first-order valence-corrected chi connectivity index (χ1v) is 12.6. The lowest BCUT2D eigenvalue weighted by atomic mass is 10.1. The van der Waals surface area contributed by atoms with Gasteiger partial charge in [-0.25, -0.2) is 4.79 Å². The van der Waals surface area contributed by atoms with Gasteiger partial charge in [-0.15, -0.1) is 0 Å². The number of hydrogen-bond acceptors (Lipinski definition) is 14. The fraction of sp³-hybridized carbons (Fsp3) is 0.783. The lowest BCUT2D eigenvalue weighted by molar-refractivity contribution is -0.160. The molecule has 0 fully saturated rings. The van der Waals surface area contributed by atoms with Gasteiger partial charge in [0, 0.05) is 0 Å². The molecule has 0 rings (SSSR count). The SMILES string of the molecule is CC(C)[C@H](N)C(=O)O.C[C@@H](OC(=O)[C@@H](N)CCCCN)[C@H](N)C(=O)O.NCCCC[C@H](N)C(=O)OC(=O)CN. The smallest absolute Gasteiger partial charge is 0.330 e. The Balaban J connectivity index is -0.000000530. The highest BCUT2D eigenvalue weighted by molar-refractivity contribution is 5.89. The molecule has 0 aromatic heterocycles. The topological polar surface area (TPSA) is 326 Å². The molecule has 0 aromatic rings. The average Bonchev–Trinajstić information content (AvgIpc) is 2.87. The molecular formula is C23H49N7O9. The predicted octanol–water partition coefficient (Wildman–Crippen LogP) is -2.69. The lowest BCUT2D eigenvalue weighted by Crippen LogP contribution is -2.45. The Kier molecular flexibility index (Phi) is 25.4. The van der Waals surface area contributed by atoms with Crippen molar-refractivity contribution in [1.82, 2.24) is 0 Å². The third-order valence-corrected chi connectivity index (χ3v) is 5.02. The molecule has 0 spiro atoms. The molecule has 16 N–H and O–H groups in total. The van der Waals surface area contributed by atoms with Crippen LogP contribution in [0, 0.1) is 5.92 Å². The van der Waals surface area contributed by atoms with E-state index in [0.717, 1.165) is 25.7 Å². The molecule has 0 bridgehead atoms. The largest absolute Gasteiger partial charge is 0.480 e. The summed E-state index contributed by atoms with van der Waals surface area (Å²) < 4.78 is 9.20. The summed E-state index contributed by atoms with van der Waals surface area (Å²) >= 11 is 0. The number of carbonyl (C=O) groups excluding carboxylic acids is 3. The van der Waals surface area contributed by atoms with Crippen LogP contribution in [-0.4, -0.2) is 90.0 Å². The van der Waals surface area contributed by atoms with Crippen molar-refractivity contribution < 1.29 is 43.7 Å². The number of aliphatic carboxylic acids is 2. The molecule has 0 heterocycles. The fourth-order valence-electron chi connectivity index (χ4n) is 2.31. The molecular weight excluding hydrogens is 518 g/mol. The number of carboxylic acid groups (broad SMARTS) is 2. The molecule has 0 amide bonds. The second-order valence-electron chi connectivity index (χ2n) is 8.89. The molecule has 0 aliphatic carbocycles. The maximum Gasteiger partial charge on any atom is 0.330 e. The van der Waals surface area contributed by atoms with Crippen molar-refractivity contribution in [2.24, 2.45) is 46.1 Å². The van der Waals surface area contributed by atoms with Crippen LogP contribution in [0.5, 0.6) is 0 Å². The Bertz CT molecular complexity index is 726. The summed E-state index contributed by atoms with van der Waals surface area (Å²) in [5.74, 6) is -4.25. The lowest BCUT2D eigenvalue weighted by Gasteiger charge is -2.19. The monoisotopic (exact) mass is 567 g/mol. The summed E-state index contributed by atoms with van der Waals surface area (Å²) in [6.07, 6.45) is 3.08. The highest BCUT2D eigenvalue weighted by atomic mass is 16.6. The summed E-state index contributed by atoms with van der Waals surface area (Å²) in [5, 5.41) is 16.8. The minimum absolute atomic E-state index is 0.0208. The van der Waals surface area contributed by atoms with Crippen molar-refractivity contribution in [2.75, 3.05) is 19.6 Å². The molecule has 5 atom stereocenters. The Morgan fingerprint density at radius 2 is 1.08 bits per heavy atom. The van der Waals surface area contributed by atoms with Gasteiger partial charge < -0.3 is 59.8 Å². The van der Waals surface area contributed by atoms with E-state index in [1.165, 1.54) is 6.92 Å². The van der Waals surface area contributed by atoms with Crippen LogP contribution in [0.2, 0.25) is 0 Å². The number of hydrogen-bond donors (Lipinski definition) is 9. The molecule has 0 saturated carbocycles. The van der Waals surface area contributed by atoms with E-state index < -0.39 is 60.1 Å². The molecule has 0 unspecified atom stereocenters. The fourth-order valence-corrected chi connectivity index (χ4v) is 2.31. The van der Waals surface area contributed by atoms with Crippen LogP contribution in [0.15, 0.2) is 0 Å². The van der Waals surface area contributed by atoms with Gasteiger partial charge in [0.25, 0.3) is 0 Å². The van der Waals surface area contributed by atoms with Crippen molar-refractivity contribution in [3.63, 3.8) is 0 Å². The number of carbonyl (C=O) groups is 5. The van der Waals surface area contributed by atoms with Crippen LogP contribution >= 0.6 is 0 Å². The maximum atomic E-state index is 11.4. The zero-order chi connectivity index (χ0) is 31.1. The van der Waals surface area contributed by atoms with Crippen molar-refractivity contribution >= 4 is 29.8 Å². The summed E-state index contributed by atoms with van der Waals surface area (Å²) in [5.41, 5.74) is 37.0. The number of esters is 3. The van der Waals surface area contributed by atoms with Crippen LogP contribution in [0.1, 0.15) is 59.3 Å². The molecule has 16 nitrogen and oxygen atoms in total. The van der Waals surface area contributed by atoms with Gasteiger partial charge in [-0.2, -0.15) is 0 Å². The van der Waals surface area contributed by atoms with Gasteiger partial charge in [0.05, 0.1) is 6.54 Å². The highest BCUT2D eigenvalue weighted by Crippen LogP contribution is 2.04. The van der Waals surface area contributed by atoms with Gasteiger partial charge >= 0.3 is 29.8 Å². The van der Waals surface area contributed by atoms with Crippen molar-refractivity contribution in [3.05, 3.63) is 0 Å². The Labute approximate surface area is 229 Å². The van der Waals surface area contributed by atoms with Gasteiger partial charge in [-0.1, -0.05) is 26.7 Å². The summed E-state index contributed by atoms with van der Waals surface area (Å²) in [6, 6.07) is -3.48. The third-order valence-electron chi connectivity index (χ3n) is 5.02. The molecule has 0 aromatic carbocycles. The molecule has 39 heavy (non-hydrogen) atoms. The van der Waals surface area contributed by atoms with E-state index in [9.17, 15) is 24.0 Å². The van der Waals surface area contributed by atoms with Gasteiger partial charge in [-0.3, -0.25) is 19.2 Å². The van der Waals surface area contributed by atoms with Gasteiger partial charge in [-0.05, 0) is 51.6 Å². The molecule has 230 valence electrons. The molecule has 0 aliphatic rings. The van der Waals surface area contributed by atoms with Crippen LogP contribution in [0.25, 0.3) is 0 Å². The predicted molar refractivity (Wildman–Crippen MR) is 144 cm³/mol. The quantitative estimate of drug-likeness (QED) is 0.0520. The van der Waals surface area contributed by atoms with E-state index in [4.69, 9.17) is 55.1 Å². The maximum absolute atomic E-state index is 11.4. The van der Waals surface area contributed by atoms with Crippen LogP contribution in [-0.2, 0) is 33.4 Å². The number of nitrogens with two attached hydrogens (primary N) is 7. The number of rotatable bonds is 16. The van der Waals surface area contributed by atoms with Gasteiger partial charge in [0.1, 0.15) is 30.3 Å². The number of carboxylic acids is 2. The van der Waals surface area contributed by atoms with Gasteiger partial charge in [0.15, 0.2) is 0 Å². The summed E-state index contributed by atoms with van der Waals surface area (Å²) in [6.45, 7) is 5.76. The van der Waals surface area contributed by atoms with E-state index in [2.05, 4.69) is 4.74 Å². The first-order chi connectivity index (χ1) is 18.1. The van der Waals surface area contributed by atoms with Crippen molar-refractivity contribution in [2.45, 2.75) is 89.6 Å². The van der Waals surface area contributed by atoms with Crippen molar-refractivity contribution in [3.8, 4) is 0 Å². The number of ether oxygens (including phenoxy) is 2. The van der Waals surface area contributed by atoms with E-state index in [-0.39, 0.29) is 12.5 Å². The summed E-state index contributed by atoms with van der Waals surface area (Å²) in [4.78, 5) is 53.7. The second kappa shape index (κ2) is 24.3. The van der Waals surface area contributed by atoms with E-state index >= 15 is 0 Å². The van der Waals surface area contributed by atoms with Crippen molar-refractivity contribution in [1.29, 1.82) is 0 Å². The minimum atomic E-state index is -1.24. The first kappa shape index (κ1) is 40.8. The average molecular weight is 568 g/mol. The summed E-state index contributed by atoms with van der Waals surface area (Å²) in [7, 11) is 0. The molecule has 0 aliphatic heterocycles. The van der Waals surface area contributed by atoms with Crippen LogP contribution in [0.3, 0.4) is 0 Å². The van der Waals surface area contributed by atoms with E-state index in [1.54, 1.807) is 13.8 Å².